The average Bonchev–Trinajstić information content (AvgIpc) is 2.64. The normalized spacial score (nSPS) is 17.4. The monoisotopic (exact) mass is 437 g/mol. The quantitative estimate of drug-likeness (QED) is 0.665. The van der Waals surface area contributed by atoms with Gasteiger partial charge in [0, 0.05) is 6.54 Å². The van der Waals surface area contributed by atoms with Crippen molar-refractivity contribution in [2.75, 3.05) is 6.54 Å². The van der Waals surface area contributed by atoms with Crippen LogP contribution in [0.1, 0.15) is 25.8 Å². The van der Waals surface area contributed by atoms with Crippen LogP contribution in [0.5, 0.6) is 0 Å². The van der Waals surface area contributed by atoms with E-state index in [2.05, 4.69) is 0 Å². The third-order valence-electron chi connectivity index (χ3n) is 4.94. The van der Waals surface area contributed by atoms with Gasteiger partial charge in [-0.3, -0.25) is 0 Å². The number of halogens is 6. The van der Waals surface area contributed by atoms with Crippen LogP contribution in [0.3, 0.4) is 0 Å². The van der Waals surface area contributed by atoms with Gasteiger partial charge in [0.15, 0.2) is 0 Å². The smallest absolute Gasteiger partial charge is 0.432 e. The van der Waals surface area contributed by atoms with Crippen LogP contribution in [0.15, 0.2) is 52.9 Å². The van der Waals surface area contributed by atoms with E-state index in [-0.39, 0.29) is 10.5 Å². The summed E-state index contributed by atoms with van der Waals surface area (Å²) in [7, 11) is 0. The number of allylic oxidation sites excluding steroid dienone is 2. The molecule has 0 saturated carbocycles. The summed E-state index contributed by atoms with van der Waals surface area (Å²) in [6.07, 6.45) is -11.7. The number of benzene rings is 1. The molecule has 11 heteroatoms. The van der Waals surface area contributed by atoms with Crippen LogP contribution >= 0.6 is 0 Å². The highest BCUT2D eigenvalue weighted by atomic mass is 19.4. The number of aliphatic carboxylic acids is 2. The fourth-order valence-electron chi connectivity index (χ4n) is 3.95. The molecule has 2 rings (SSSR count). The molecule has 30 heavy (non-hydrogen) atoms. The average molecular weight is 437 g/mol. The summed E-state index contributed by atoms with van der Waals surface area (Å²) in [6.45, 7) is 1.13. The first-order valence-corrected chi connectivity index (χ1v) is 8.68. The molecule has 0 fully saturated rings. The molecule has 1 aromatic carbocycles. The zero-order valence-corrected chi connectivity index (χ0v) is 15.7. The van der Waals surface area contributed by atoms with Gasteiger partial charge in [-0.2, -0.15) is 26.3 Å². The second kappa shape index (κ2) is 7.69. The lowest BCUT2D eigenvalue weighted by Gasteiger charge is -2.45. The molecule has 0 unspecified atom stereocenters. The first-order valence-electron chi connectivity index (χ1n) is 8.68. The molecule has 5 nitrogen and oxygen atoms in total. The Balaban J connectivity index is 3.26. The van der Waals surface area contributed by atoms with E-state index in [1.165, 1.54) is 18.2 Å². The molecule has 0 atom stereocenters. The molecule has 2 N–H and O–H groups in total. The SMILES string of the molecule is CCN1C(C(F)(F)F)=C(C(=O)O)C(CC)(c2ccccc2)C(C(=O)O)=C1C(F)(F)F. The summed E-state index contributed by atoms with van der Waals surface area (Å²) in [5.74, 6) is -4.32. The van der Waals surface area contributed by atoms with Gasteiger partial charge in [0.1, 0.15) is 11.4 Å². The predicted molar refractivity (Wildman–Crippen MR) is 92.2 cm³/mol. The van der Waals surface area contributed by atoms with E-state index in [0.29, 0.717) is 0 Å². The number of carboxylic acids is 2. The highest BCUT2D eigenvalue weighted by Crippen LogP contribution is 2.55. The molecule has 1 aliphatic heterocycles. The Morgan fingerprint density at radius 1 is 0.867 bits per heavy atom. The van der Waals surface area contributed by atoms with Crippen LogP contribution in [-0.2, 0) is 15.0 Å². The topological polar surface area (TPSA) is 77.8 Å². The van der Waals surface area contributed by atoms with E-state index in [0.717, 1.165) is 26.0 Å². The van der Waals surface area contributed by atoms with Crippen LogP contribution in [-0.4, -0.2) is 45.9 Å². The number of alkyl halides is 6. The van der Waals surface area contributed by atoms with Gasteiger partial charge >= 0.3 is 24.3 Å². The summed E-state index contributed by atoms with van der Waals surface area (Å²) in [5.41, 5.74) is -10.0. The standard InChI is InChI=1S/C19H17F6NO4/c1-3-17(10-8-6-5-7-9-10)11(15(27)28)13(18(20,21)22)26(4-2)14(19(23,24)25)12(17)16(29)30/h5-9H,3-4H2,1-2H3,(H,27,28)(H,29,30). The molecule has 0 aliphatic carbocycles. The second-order valence-corrected chi connectivity index (χ2v) is 6.42. The van der Waals surface area contributed by atoms with Gasteiger partial charge in [-0.25, -0.2) is 9.59 Å². The highest BCUT2D eigenvalue weighted by molar-refractivity contribution is 6.01. The second-order valence-electron chi connectivity index (χ2n) is 6.42. The van der Waals surface area contributed by atoms with E-state index >= 15 is 0 Å². The maximum atomic E-state index is 14.0. The number of rotatable bonds is 5. The van der Waals surface area contributed by atoms with Crippen LogP contribution in [0.4, 0.5) is 26.3 Å². The Morgan fingerprint density at radius 2 is 1.27 bits per heavy atom. The Morgan fingerprint density at radius 3 is 1.53 bits per heavy atom. The van der Waals surface area contributed by atoms with Crippen molar-refractivity contribution < 1.29 is 46.1 Å². The van der Waals surface area contributed by atoms with Crippen molar-refractivity contribution >= 4 is 11.9 Å². The van der Waals surface area contributed by atoms with Gasteiger partial charge in [0.05, 0.1) is 16.6 Å². The molecule has 0 spiro atoms. The van der Waals surface area contributed by atoms with Gasteiger partial charge in [-0.05, 0) is 18.9 Å². The molecule has 0 amide bonds. The van der Waals surface area contributed by atoms with Crippen molar-refractivity contribution in [1.29, 1.82) is 0 Å². The van der Waals surface area contributed by atoms with Crippen molar-refractivity contribution in [2.45, 2.75) is 38.0 Å². The minimum atomic E-state index is -5.50. The van der Waals surface area contributed by atoms with E-state index < -0.39 is 65.2 Å². The summed E-state index contributed by atoms with van der Waals surface area (Å²) in [6, 6.07) is 6.19. The van der Waals surface area contributed by atoms with E-state index in [9.17, 15) is 46.1 Å². The van der Waals surface area contributed by atoms with Gasteiger partial charge < -0.3 is 15.1 Å². The number of carbonyl (C=O) groups is 2. The summed E-state index contributed by atoms with van der Waals surface area (Å²) in [4.78, 5) is 23.8. The largest absolute Gasteiger partial charge is 0.478 e. The summed E-state index contributed by atoms with van der Waals surface area (Å²) >= 11 is 0. The lowest BCUT2D eigenvalue weighted by molar-refractivity contribution is -0.148. The van der Waals surface area contributed by atoms with Crippen LogP contribution < -0.4 is 0 Å². The van der Waals surface area contributed by atoms with Crippen molar-refractivity contribution in [2.24, 2.45) is 0 Å². The number of hydrogen-bond donors (Lipinski definition) is 2. The molecule has 1 heterocycles. The Kier molecular flexibility index (Phi) is 5.97. The third-order valence-corrected chi connectivity index (χ3v) is 4.94. The van der Waals surface area contributed by atoms with Crippen molar-refractivity contribution in [3.05, 3.63) is 58.4 Å². The number of nitrogens with zero attached hydrogens (tertiary/aromatic N) is 1. The minimum Gasteiger partial charge on any atom is -0.478 e. The summed E-state index contributed by atoms with van der Waals surface area (Å²) in [5, 5.41) is 19.4. The molecule has 0 aromatic heterocycles. The predicted octanol–water partition coefficient (Wildman–Crippen LogP) is 4.47. The molecule has 1 aliphatic rings. The lowest BCUT2D eigenvalue weighted by atomic mass is 9.63. The van der Waals surface area contributed by atoms with Gasteiger partial charge in [-0.1, -0.05) is 37.3 Å². The Hall–Kier alpha value is -2.98. The minimum absolute atomic E-state index is 0.304. The van der Waals surface area contributed by atoms with Crippen molar-refractivity contribution in [3.63, 3.8) is 0 Å². The molecule has 0 radical (unpaired) electrons. The van der Waals surface area contributed by atoms with Gasteiger partial charge in [0.2, 0.25) is 0 Å². The maximum Gasteiger partial charge on any atom is 0.432 e. The zero-order chi connectivity index (χ0) is 23.1. The molecule has 0 bridgehead atoms. The molecule has 0 saturated heterocycles. The maximum absolute atomic E-state index is 14.0. The first-order chi connectivity index (χ1) is 13.7. The molecule has 1 aromatic rings. The van der Waals surface area contributed by atoms with Gasteiger partial charge in [0.25, 0.3) is 0 Å². The van der Waals surface area contributed by atoms with Crippen LogP contribution in [0.2, 0.25) is 0 Å². The molecular formula is C19H17F6NO4. The van der Waals surface area contributed by atoms with Crippen molar-refractivity contribution in [1.82, 2.24) is 4.90 Å². The fourth-order valence-corrected chi connectivity index (χ4v) is 3.95. The molecular weight excluding hydrogens is 420 g/mol. The number of hydrogen-bond acceptors (Lipinski definition) is 3. The van der Waals surface area contributed by atoms with Gasteiger partial charge in [-0.15, -0.1) is 0 Å². The Bertz CT molecular complexity index is 865. The van der Waals surface area contributed by atoms with E-state index in [1.54, 1.807) is 0 Å². The molecule has 164 valence electrons. The van der Waals surface area contributed by atoms with E-state index in [1.807, 2.05) is 0 Å². The zero-order valence-electron chi connectivity index (χ0n) is 15.7. The van der Waals surface area contributed by atoms with Crippen LogP contribution in [0.25, 0.3) is 0 Å². The third kappa shape index (κ3) is 3.52. The van der Waals surface area contributed by atoms with Crippen LogP contribution in [0, 0.1) is 0 Å². The Labute approximate surface area is 166 Å². The van der Waals surface area contributed by atoms with Crippen molar-refractivity contribution in [3.8, 4) is 0 Å². The number of carboxylic acid groups (broad SMARTS) is 2. The first kappa shape index (κ1) is 23.3. The van der Waals surface area contributed by atoms with E-state index in [4.69, 9.17) is 0 Å². The fraction of sp³-hybridized carbons (Fsp3) is 0.368. The lowest BCUT2D eigenvalue weighted by Crippen LogP contribution is -2.51. The summed E-state index contributed by atoms with van der Waals surface area (Å²) < 4.78 is 83.8. The highest BCUT2D eigenvalue weighted by Gasteiger charge is 2.61.